The van der Waals surface area contributed by atoms with Crippen molar-refractivity contribution >= 4 is 17.4 Å². The molecule has 0 unspecified atom stereocenters. The lowest BCUT2D eigenvalue weighted by atomic mass is 9.91. The van der Waals surface area contributed by atoms with Crippen LogP contribution in [-0.2, 0) is 9.53 Å². The van der Waals surface area contributed by atoms with Gasteiger partial charge in [0, 0.05) is 17.3 Å². The lowest BCUT2D eigenvalue weighted by Gasteiger charge is -2.13. The van der Waals surface area contributed by atoms with Crippen molar-refractivity contribution in [3.05, 3.63) is 42.1 Å². The fourth-order valence-electron chi connectivity index (χ4n) is 1.38. The predicted octanol–water partition coefficient (Wildman–Crippen LogP) is 3.40. The monoisotopic (exact) mass is 275 g/mol. The van der Waals surface area contributed by atoms with Crippen molar-refractivity contribution in [3.63, 3.8) is 0 Å². The van der Waals surface area contributed by atoms with Crippen molar-refractivity contribution in [1.82, 2.24) is 0 Å². The molecule has 4 nitrogen and oxygen atoms in total. The molecular weight excluding hydrogens is 254 g/mol. The predicted molar refractivity (Wildman–Crippen MR) is 79.6 cm³/mol. The molecular formula is C16H21NO3. The molecule has 1 rings (SSSR count). The van der Waals surface area contributed by atoms with Gasteiger partial charge in [-0.25, -0.2) is 4.79 Å². The maximum atomic E-state index is 11.7. The van der Waals surface area contributed by atoms with E-state index in [0.717, 1.165) is 5.69 Å². The van der Waals surface area contributed by atoms with Gasteiger partial charge in [-0.3, -0.25) is 4.79 Å². The first-order valence-corrected chi connectivity index (χ1v) is 6.59. The first kappa shape index (κ1) is 16.0. The minimum absolute atomic E-state index is 0.0492. The lowest BCUT2D eigenvalue weighted by Crippen LogP contribution is -2.17. The summed E-state index contributed by atoms with van der Waals surface area (Å²) in [4.78, 5) is 23.2. The number of hydrogen-bond acceptors (Lipinski definition) is 4. The van der Waals surface area contributed by atoms with Gasteiger partial charge >= 0.3 is 5.97 Å². The van der Waals surface area contributed by atoms with Crippen LogP contribution >= 0.6 is 0 Å². The van der Waals surface area contributed by atoms with Gasteiger partial charge in [0.2, 0.25) is 0 Å². The minimum Gasteiger partial charge on any atom is -0.462 e. The van der Waals surface area contributed by atoms with Crippen molar-refractivity contribution in [1.29, 1.82) is 0 Å². The van der Waals surface area contributed by atoms with Gasteiger partial charge in [-0.05, 0) is 37.3 Å². The van der Waals surface area contributed by atoms with E-state index in [9.17, 15) is 9.59 Å². The summed E-state index contributed by atoms with van der Waals surface area (Å²) < 4.78 is 4.90. The Kier molecular flexibility index (Phi) is 5.50. The molecule has 0 fully saturated rings. The molecule has 0 radical (unpaired) electrons. The normalized spacial score (nSPS) is 11.4. The average molecular weight is 275 g/mol. The number of carbonyl (C=O) groups is 2. The molecule has 0 heterocycles. The van der Waals surface area contributed by atoms with Gasteiger partial charge in [0.05, 0.1) is 12.2 Å². The van der Waals surface area contributed by atoms with Gasteiger partial charge in [0.15, 0.2) is 5.78 Å². The molecule has 4 heteroatoms. The summed E-state index contributed by atoms with van der Waals surface area (Å²) in [7, 11) is 0. The van der Waals surface area contributed by atoms with E-state index in [-0.39, 0.29) is 17.2 Å². The quantitative estimate of drug-likeness (QED) is 0.661. The van der Waals surface area contributed by atoms with Crippen molar-refractivity contribution in [2.45, 2.75) is 27.7 Å². The first-order valence-electron chi connectivity index (χ1n) is 6.59. The van der Waals surface area contributed by atoms with Crippen molar-refractivity contribution in [2.24, 2.45) is 5.41 Å². The number of anilines is 1. The zero-order valence-electron chi connectivity index (χ0n) is 12.4. The van der Waals surface area contributed by atoms with Crippen molar-refractivity contribution in [2.75, 3.05) is 11.9 Å². The molecule has 0 aliphatic heterocycles. The Morgan fingerprint density at radius 1 is 1.20 bits per heavy atom. The Balaban J connectivity index is 2.60. The number of nitrogens with one attached hydrogen (secondary N) is 1. The van der Waals surface area contributed by atoms with Gasteiger partial charge in [-0.15, -0.1) is 0 Å². The van der Waals surface area contributed by atoms with Crippen molar-refractivity contribution < 1.29 is 14.3 Å². The molecule has 0 aromatic heterocycles. The molecule has 0 saturated heterocycles. The highest BCUT2D eigenvalue weighted by Gasteiger charge is 2.17. The number of allylic oxidation sites excluding steroid dienone is 1. The third-order valence-electron chi connectivity index (χ3n) is 2.62. The van der Waals surface area contributed by atoms with Gasteiger partial charge in [-0.1, -0.05) is 20.8 Å². The Morgan fingerprint density at radius 3 is 2.30 bits per heavy atom. The number of esters is 1. The summed E-state index contributed by atoms with van der Waals surface area (Å²) >= 11 is 0. The van der Waals surface area contributed by atoms with E-state index in [4.69, 9.17) is 4.74 Å². The molecule has 0 amide bonds. The Labute approximate surface area is 119 Å². The van der Waals surface area contributed by atoms with Crippen LogP contribution in [0.2, 0.25) is 0 Å². The maximum absolute atomic E-state index is 11.7. The Bertz CT molecular complexity index is 495. The smallest absolute Gasteiger partial charge is 0.338 e. The molecule has 1 N–H and O–H groups in total. The number of rotatable bonds is 5. The van der Waals surface area contributed by atoms with Crippen LogP contribution in [0, 0.1) is 5.41 Å². The van der Waals surface area contributed by atoms with Crippen LogP contribution in [0.25, 0.3) is 0 Å². The molecule has 0 atom stereocenters. The van der Waals surface area contributed by atoms with E-state index in [1.54, 1.807) is 37.4 Å². The van der Waals surface area contributed by atoms with Gasteiger partial charge in [0.25, 0.3) is 0 Å². The first-order chi connectivity index (χ1) is 9.34. The second-order valence-electron chi connectivity index (χ2n) is 5.39. The number of carbonyl (C=O) groups excluding carboxylic acids is 2. The molecule has 20 heavy (non-hydrogen) atoms. The molecule has 0 aliphatic rings. The fraction of sp³-hybridized carbons (Fsp3) is 0.375. The second-order valence-corrected chi connectivity index (χ2v) is 5.39. The molecule has 1 aromatic carbocycles. The van der Waals surface area contributed by atoms with Crippen LogP contribution < -0.4 is 5.32 Å². The summed E-state index contributed by atoms with van der Waals surface area (Å²) in [6, 6.07) is 6.88. The van der Waals surface area contributed by atoms with Gasteiger partial charge < -0.3 is 10.1 Å². The van der Waals surface area contributed by atoms with Gasteiger partial charge in [0.1, 0.15) is 0 Å². The van der Waals surface area contributed by atoms with Crippen LogP contribution in [-0.4, -0.2) is 18.4 Å². The van der Waals surface area contributed by atoms with E-state index < -0.39 is 0 Å². The SMILES string of the molecule is CCOC(=O)c1ccc(NC=CC(=O)C(C)(C)C)cc1. The second kappa shape index (κ2) is 6.89. The summed E-state index contributed by atoms with van der Waals surface area (Å²) in [5.74, 6) is -0.286. The highest BCUT2D eigenvalue weighted by molar-refractivity contribution is 5.94. The standard InChI is InChI=1S/C16H21NO3/c1-5-20-15(19)12-6-8-13(9-7-12)17-11-10-14(18)16(2,3)4/h6-11,17H,5H2,1-4H3. The molecule has 0 spiro atoms. The number of hydrogen-bond donors (Lipinski definition) is 1. The number of ketones is 1. The maximum Gasteiger partial charge on any atom is 0.338 e. The van der Waals surface area contributed by atoms with Crippen LogP contribution in [0.1, 0.15) is 38.1 Å². The number of ether oxygens (including phenoxy) is 1. The minimum atomic E-state index is -0.383. The summed E-state index contributed by atoms with van der Waals surface area (Å²) in [6.07, 6.45) is 3.12. The topological polar surface area (TPSA) is 55.4 Å². The average Bonchev–Trinajstić information content (AvgIpc) is 2.38. The number of benzene rings is 1. The summed E-state index contributed by atoms with van der Waals surface area (Å²) in [5.41, 5.74) is 0.925. The zero-order valence-corrected chi connectivity index (χ0v) is 12.4. The largest absolute Gasteiger partial charge is 0.462 e. The molecule has 0 bridgehead atoms. The Morgan fingerprint density at radius 2 is 1.80 bits per heavy atom. The van der Waals surface area contributed by atoms with Crippen LogP contribution in [0.3, 0.4) is 0 Å². The third-order valence-corrected chi connectivity index (χ3v) is 2.62. The molecule has 108 valence electrons. The Hall–Kier alpha value is -2.10. The molecule has 0 aliphatic carbocycles. The third kappa shape index (κ3) is 4.88. The molecule has 0 saturated carbocycles. The highest BCUT2D eigenvalue weighted by atomic mass is 16.5. The van der Waals surface area contributed by atoms with Gasteiger partial charge in [-0.2, -0.15) is 0 Å². The highest BCUT2D eigenvalue weighted by Crippen LogP contribution is 2.15. The van der Waals surface area contributed by atoms with Crippen LogP contribution in [0.15, 0.2) is 36.5 Å². The lowest BCUT2D eigenvalue weighted by molar-refractivity contribution is -0.121. The van der Waals surface area contributed by atoms with E-state index in [0.29, 0.717) is 12.2 Å². The molecule has 1 aromatic rings. The van der Waals surface area contributed by atoms with Crippen LogP contribution in [0.5, 0.6) is 0 Å². The zero-order chi connectivity index (χ0) is 15.2. The van der Waals surface area contributed by atoms with Crippen LogP contribution in [0.4, 0.5) is 5.69 Å². The van der Waals surface area contributed by atoms with E-state index in [2.05, 4.69) is 5.32 Å². The van der Waals surface area contributed by atoms with E-state index in [1.165, 1.54) is 6.08 Å². The fourth-order valence-corrected chi connectivity index (χ4v) is 1.38. The summed E-state index contributed by atoms with van der Waals surface area (Å²) in [6.45, 7) is 7.73. The van der Waals surface area contributed by atoms with Crippen molar-refractivity contribution in [3.8, 4) is 0 Å². The van der Waals surface area contributed by atoms with E-state index >= 15 is 0 Å². The summed E-state index contributed by atoms with van der Waals surface area (Å²) in [5, 5.41) is 2.99. The van der Waals surface area contributed by atoms with E-state index in [1.807, 2.05) is 20.8 Å².